The highest BCUT2D eigenvalue weighted by molar-refractivity contribution is 6.39. The molecule has 2 aromatic carbocycles. The molecular weight excluding hydrogens is 342 g/mol. The summed E-state index contributed by atoms with van der Waals surface area (Å²) in [6.07, 6.45) is 1.61. The molecule has 0 aliphatic carbocycles. The first-order valence-electron chi connectivity index (χ1n) is 8.44. The third kappa shape index (κ3) is 5.40. The summed E-state index contributed by atoms with van der Waals surface area (Å²) in [6, 6.07) is 20.1. The van der Waals surface area contributed by atoms with Crippen LogP contribution in [0.3, 0.4) is 0 Å². The number of carbonyl (C=O) groups excluding carboxylic acids is 2. The molecule has 1 heterocycles. The number of amides is 2. The van der Waals surface area contributed by atoms with Gasteiger partial charge in [0.05, 0.1) is 18.4 Å². The molecule has 3 rings (SSSR count). The average Bonchev–Trinajstić information content (AvgIpc) is 3.14. The second-order valence-electron chi connectivity index (χ2n) is 5.90. The number of hydrogen-bond donors (Lipinski definition) is 2. The summed E-state index contributed by atoms with van der Waals surface area (Å²) in [5, 5.41) is 5.05. The highest BCUT2D eigenvalue weighted by atomic mass is 16.3. The zero-order valence-corrected chi connectivity index (χ0v) is 14.8. The Balaban J connectivity index is 1.51. The van der Waals surface area contributed by atoms with Gasteiger partial charge in [-0.15, -0.1) is 0 Å². The Labute approximate surface area is 156 Å². The van der Waals surface area contributed by atoms with Crippen LogP contribution in [0.25, 0.3) is 0 Å². The summed E-state index contributed by atoms with van der Waals surface area (Å²) in [5.41, 5.74) is 2.55. The molecule has 0 atom stereocenters. The Bertz CT molecular complexity index is 944. The Morgan fingerprint density at radius 3 is 2.44 bits per heavy atom. The maximum absolute atomic E-state index is 11.9. The zero-order chi connectivity index (χ0) is 19.1. The number of nitrogens with zero attached hydrogens (tertiary/aromatic N) is 1. The maximum Gasteiger partial charge on any atom is 0.313 e. The molecule has 0 aliphatic rings. The number of para-hydroxylation sites is 1. The molecule has 0 fully saturated rings. The van der Waals surface area contributed by atoms with Crippen molar-refractivity contribution in [1.29, 1.82) is 0 Å². The third-order valence-corrected chi connectivity index (χ3v) is 3.72. The Morgan fingerprint density at radius 2 is 1.70 bits per heavy atom. The number of aliphatic imine (C=N–C) groups is 1. The average molecular weight is 361 g/mol. The quantitative estimate of drug-likeness (QED) is 0.538. The lowest BCUT2D eigenvalue weighted by Gasteiger charge is -2.05. The van der Waals surface area contributed by atoms with Gasteiger partial charge >= 0.3 is 11.8 Å². The largest absolute Gasteiger partial charge is 0.458 e. The Morgan fingerprint density at radius 1 is 0.963 bits per heavy atom. The van der Waals surface area contributed by atoms with Crippen molar-refractivity contribution in [2.75, 3.05) is 5.32 Å². The molecular formula is C21H19N3O3. The molecule has 0 radical (unpaired) electrons. The van der Waals surface area contributed by atoms with E-state index in [0.717, 1.165) is 5.69 Å². The van der Waals surface area contributed by atoms with Crippen LogP contribution in [0.5, 0.6) is 0 Å². The lowest BCUT2D eigenvalue weighted by atomic mass is 10.2. The first-order valence-corrected chi connectivity index (χ1v) is 8.44. The van der Waals surface area contributed by atoms with Gasteiger partial charge in [-0.3, -0.25) is 14.6 Å². The molecule has 0 saturated carbocycles. The zero-order valence-electron chi connectivity index (χ0n) is 14.8. The summed E-state index contributed by atoms with van der Waals surface area (Å²) < 4.78 is 5.58. The van der Waals surface area contributed by atoms with Crippen molar-refractivity contribution in [1.82, 2.24) is 5.32 Å². The molecule has 0 unspecified atom stereocenters. The van der Waals surface area contributed by atoms with E-state index in [2.05, 4.69) is 15.6 Å². The van der Waals surface area contributed by atoms with Crippen LogP contribution in [0.2, 0.25) is 0 Å². The molecule has 6 nitrogen and oxygen atoms in total. The SMILES string of the molecule is Cc1ccc(N=Cc2ccc(CNC(=O)C(=O)Nc3ccccc3)o2)cc1. The summed E-state index contributed by atoms with van der Waals surface area (Å²) >= 11 is 0. The molecule has 1 aromatic heterocycles. The fourth-order valence-corrected chi connectivity index (χ4v) is 2.28. The van der Waals surface area contributed by atoms with E-state index >= 15 is 0 Å². The molecule has 27 heavy (non-hydrogen) atoms. The molecule has 0 aliphatic heterocycles. The first-order chi connectivity index (χ1) is 13.1. The van der Waals surface area contributed by atoms with Crippen molar-refractivity contribution in [2.45, 2.75) is 13.5 Å². The smallest absolute Gasteiger partial charge is 0.313 e. The van der Waals surface area contributed by atoms with Crippen LogP contribution in [-0.2, 0) is 16.1 Å². The minimum Gasteiger partial charge on any atom is -0.458 e. The van der Waals surface area contributed by atoms with E-state index in [4.69, 9.17) is 4.42 Å². The van der Waals surface area contributed by atoms with Gasteiger partial charge < -0.3 is 15.1 Å². The van der Waals surface area contributed by atoms with Gasteiger partial charge in [-0.1, -0.05) is 35.9 Å². The van der Waals surface area contributed by atoms with Gasteiger partial charge in [0.15, 0.2) is 0 Å². The lowest BCUT2D eigenvalue weighted by Crippen LogP contribution is -2.34. The fourth-order valence-electron chi connectivity index (χ4n) is 2.28. The van der Waals surface area contributed by atoms with Crippen LogP contribution in [0.15, 0.2) is 76.1 Å². The number of anilines is 1. The van der Waals surface area contributed by atoms with Crippen molar-refractivity contribution in [3.63, 3.8) is 0 Å². The van der Waals surface area contributed by atoms with Crippen LogP contribution in [0.1, 0.15) is 17.1 Å². The second kappa shape index (κ2) is 8.62. The number of furan rings is 1. The van der Waals surface area contributed by atoms with E-state index in [1.165, 1.54) is 5.56 Å². The highest BCUT2D eigenvalue weighted by Gasteiger charge is 2.13. The van der Waals surface area contributed by atoms with Gasteiger partial charge in [0.2, 0.25) is 0 Å². The molecule has 0 spiro atoms. The molecule has 0 saturated heterocycles. The van der Waals surface area contributed by atoms with Gasteiger partial charge in [-0.2, -0.15) is 0 Å². The van der Waals surface area contributed by atoms with Crippen LogP contribution in [0, 0.1) is 6.92 Å². The normalized spacial score (nSPS) is 10.7. The maximum atomic E-state index is 11.9. The Hall–Kier alpha value is -3.67. The van der Waals surface area contributed by atoms with Gasteiger partial charge in [0.25, 0.3) is 0 Å². The van der Waals surface area contributed by atoms with Crippen molar-refractivity contribution in [3.8, 4) is 0 Å². The lowest BCUT2D eigenvalue weighted by molar-refractivity contribution is -0.136. The van der Waals surface area contributed by atoms with Crippen LogP contribution >= 0.6 is 0 Å². The topological polar surface area (TPSA) is 83.7 Å². The number of aryl methyl sites for hydroxylation is 1. The van der Waals surface area contributed by atoms with E-state index in [1.807, 2.05) is 37.3 Å². The minimum absolute atomic E-state index is 0.111. The van der Waals surface area contributed by atoms with E-state index in [0.29, 0.717) is 17.2 Å². The first kappa shape index (κ1) is 18.1. The van der Waals surface area contributed by atoms with Gasteiger partial charge in [0, 0.05) is 5.69 Å². The monoisotopic (exact) mass is 361 g/mol. The molecule has 3 aromatic rings. The van der Waals surface area contributed by atoms with Gasteiger partial charge in [0.1, 0.15) is 11.5 Å². The van der Waals surface area contributed by atoms with Crippen molar-refractivity contribution in [3.05, 3.63) is 83.8 Å². The predicted octanol–water partition coefficient (Wildman–Crippen LogP) is 3.59. The summed E-state index contributed by atoms with van der Waals surface area (Å²) in [7, 11) is 0. The summed E-state index contributed by atoms with van der Waals surface area (Å²) in [6.45, 7) is 2.13. The second-order valence-corrected chi connectivity index (χ2v) is 5.90. The van der Waals surface area contributed by atoms with Crippen molar-refractivity contribution in [2.24, 2.45) is 4.99 Å². The van der Waals surface area contributed by atoms with Crippen molar-refractivity contribution < 1.29 is 14.0 Å². The molecule has 136 valence electrons. The summed E-state index contributed by atoms with van der Waals surface area (Å²) in [4.78, 5) is 28.1. The predicted molar refractivity (Wildman–Crippen MR) is 104 cm³/mol. The summed E-state index contributed by atoms with van der Waals surface area (Å²) in [5.74, 6) is -0.367. The van der Waals surface area contributed by atoms with E-state index < -0.39 is 11.8 Å². The fraction of sp³-hybridized carbons (Fsp3) is 0.0952. The van der Waals surface area contributed by atoms with Crippen molar-refractivity contribution >= 4 is 29.4 Å². The number of hydrogen-bond acceptors (Lipinski definition) is 4. The number of rotatable bonds is 5. The molecule has 0 bridgehead atoms. The highest BCUT2D eigenvalue weighted by Crippen LogP contribution is 2.13. The van der Waals surface area contributed by atoms with E-state index in [1.54, 1.807) is 42.6 Å². The standard InChI is InChI=1S/C21H19N3O3/c1-15-7-9-16(10-8-15)22-13-18-11-12-19(27-18)14-23-20(25)21(26)24-17-5-3-2-4-6-17/h2-13H,14H2,1H3,(H,23,25)(H,24,26). The molecule has 6 heteroatoms. The van der Waals surface area contributed by atoms with E-state index in [9.17, 15) is 9.59 Å². The number of nitrogens with one attached hydrogen (secondary N) is 2. The Kier molecular flexibility index (Phi) is 5.79. The molecule has 2 N–H and O–H groups in total. The van der Waals surface area contributed by atoms with Crippen LogP contribution in [0.4, 0.5) is 11.4 Å². The number of carbonyl (C=O) groups is 2. The van der Waals surface area contributed by atoms with Crippen LogP contribution in [-0.4, -0.2) is 18.0 Å². The molecule has 2 amide bonds. The number of benzene rings is 2. The van der Waals surface area contributed by atoms with E-state index in [-0.39, 0.29) is 6.54 Å². The minimum atomic E-state index is -0.731. The van der Waals surface area contributed by atoms with Gasteiger partial charge in [-0.25, -0.2) is 0 Å². The third-order valence-electron chi connectivity index (χ3n) is 3.72. The van der Waals surface area contributed by atoms with Gasteiger partial charge in [-0.05, 0) is 43.3 Å². The van der Waals surface area contributed by atoms with Crippen LogP contribution < -0.4 is 10.6 Å².